The predicted molar refractivity (Wildman–Crippen MR) is 110 cm³/mol. The largest absolute Gasteiger partial charge is 0.483 e. The molecule has 0 saturated heterocycles. The fourth-order valence-corrected chi connectivity index (χ4v) is 3.31. The smallest absolute Gasteiger partial charge is 0.258 e. The Hall–Kier alpha value is -3.41. The molecule has 1 aromatic carbocycles. The van der Waals surface area contributed by atoms with Crippen LogP contribution in [0.25, 0.3) is 11.3 Å². The van der Waals surface area contributed by atoms with Crippen molar-refractivity contribution in [2.75, 3.05) is 6.61 Å². The van der Waals surface area contributed by atoms with Crippen LogP contribution < -0.4 is 14.8 Å². The van der Waals surface area contributed by atoms with Gasteiger partial charge in [-0.1, -0.05) is 18.2 Å². The van der Waals surface area contributed by atoms with Crippen molar-refractivity contribution in [3.63, 3.8) is 0 Å². The van der Waals surface area contributed by atoms with E-state index < -0.39 is 0 Å². The maximum absolute atomic E-state index is 12.2. The summed E-state index contributed by atoms with van der Waals surface area (Å²) in [5.74, 6) is 1.14. The third-order valence-corrected chi connectivity index (χ3v) is 4.69. The Bertz CT molecular complexity index is 1000. The Morgan fingerprint density at radius 1 is 1.17 bits per heavy atom. The van der Waals surface area contributed by atoms with Crippen LogP contribution in [0.5, 0.6) is 11.5 Å². The standard InChI is InChI=1S/C23H23N3O3/c1-23(2)11-17-5-3-7-20(22(17)29-23)28-15-21(27)26-13-16-8-9-19(25-12-16)18-6-4-10-24-14-18/h3-10,12,14H,11,13,15H2,1-2H3,(H,26,27). The van der Waals surface area contributed by atoms with E-state index in [0.29, 0.717) is 12.3 Å². The summed E-state index contributed by atoms with van der Waals surface area (Å²) >= 11 is 0. The lowest BCUT2D eigenvalue weighted by Crippen LogP contribution is -2.28. The van der Waals surface area contributed by atoms with Crippen molar-refractivity contribution in [2.24, 2.45) is 0 Å². The number of fused-ring (bicyclic) bond motifs is 1. The van der Waals surface area contributed by atoms with Gasteiger partial charge in [-0.05, 0) is 43.7 Å². The topological polar surface area (TPSA) is 73.3 Å². The molecule has 1 N–H and O–H groups in total. The van der Waals surface area contributed by atoms with Crippen molar-refractivity contribution in [3.05, 3.63) is 72.2 Å². The molecule has 1 aliphatic heterocycles. The van der Waals surface area contributed by atoms with Gasteiger partial charge >= 0.3 is 0 Å². The molecular weight excluding hydrogens is 366 g/mol. The summed E-state index contributed by atoms with van der Waals surface area (Å²) in [5, 5.41) is 2.86. The monoisotopic (exact) mass is 389 g/mol. The molecule has 0 bridgehead atoms. The quantitative estimate of drug-likeness (QED) is 0.698. The van der Waals surface area contributed by atoms with E-state index >= 15 is 0 Å². The second-order valence-corrected chi connectivity index (χ2v) is 7.64. The van der Waals surface area contributed by atoms with E-state index in [-0.39, 0.29) is 18.1 Å². The van der Waals surface area contributed by atoms with Crippen LogP contribution in [0.3, 0.4) is 0 Å². The van der Waals surface area contributed by atoms with E-state index in [1.165, 1.54) is 0 Å². The minimum absolute atomic E-state index is 0.0680. The van der Waals surface area contributed by atoms with Crippen LogP contribution in [0.4, 0.5) is 0 Å². The van der Waals surface area contributed by atoms with Gasteiger partial charge in [-0.3, -0.25) is 14.8 Å². The second kappa shape index (κ2) is 7.91. The molecule has 0 atom stereocenters. The molecule has 0 spiro atoms. The lowest BCUT2D eigenvalue weighted by atomic mass is 10.0. The molecule has 1 aliphatic rings. The Balaban J connectivity index is 1.30. The number of para-hydroxylation sites is 1. The maximum atomic E-state index is 12.2. The van der Waals surface area contributed by atoms with E-state index in [9.17, 15) is 4.79 Å². The van der Waals surface area contributed by atoms with Crippen molar-refractivity contribution in [1.29, 1.82) is 0 Å². The van der Waals surface area contributed by atoms with Gasteiger partial charge in [-0.2, -0.15) is 0 Å². The van der Waals surface area contributed by atoms with Crippen LogP contribution in [0, 0.1) is 0 Å². The molecule has 0 unspecified atom stereocenters. The number of aromatic nitrogens is 2. The average molecular weight is 389 g/mol. The van der Waals surface area contributed by atoms with E-state index in [0.717, 1.165) is 34.6 Å². The van der Waals surface area contributed by atoms with E-state index in [1.807, 2.05) is 56.3 Å². The van der Waals surface area contributed by atoms with Gasteiger partial charge in [0.15, 0.2) is 18.1 Å². The highest BCUT2D eigenvalue weighted by atomic mass is 16.5. The number of amides is 1. The highest BCUT2D eigenvalue weighted by Crippen LogP contribution is 2.41. The first-order chi connectivity index (χ1) is 14.0. The number of rotatable bonds is 6. The van der Waals surface area contributed by atoms with E-state index in [4.69, 9.17) is 9.47 Å². The third kappa shape index (κ3) is 4.54. The zero-order valence-electron chi connectivity index (χ0n) is 16.5. The summed E-state index contributed by atoms with van der Waals surface area (Å²) in [7, 11) is 0. The Kier molecular flexibility index (Phi) is 5.16. The first-order valence-corrected chi connectivity index (χ1v) is 9.56. The zero-order valence-corrected chi connectivity index (χ0v) is 16.5. The lowest BCUT2D eigenvalue weighted by molar-refractivity contribution is -0.123. The molecule has 0 radical (unpaired) electrons. The number of nitrogens with zero attached hydrogens (tertiary/aromatic N) is 2. The zero-order chi connectivity index (χ0) is 20.3. The highest BCUT2D eigenvalue weighted by molar-refractivity contribution is 5.77. The molecule has 6 heteroatoms. The molecule has 4 rings (SSSR count). The van der Waals surface area contributed by atoms with Crippen LogP contribution in [-0.4, -0.2) is 28.1 Å². The molecule has 2 aromatic heterocycles. The SMILES string of the molecule is CC1(C)Cc2cccc(OCC(=O)NCc3ccc(-c4cccnc4)nc3)c2O1. The van der Waals surface area contributed by atoms with Crippen molar-refractivity contribution in [2.45, 2.75) is 32.4 Å². The third-order valence-electron chi connectivity index (χ3n) is 4.69. The summed E-state index contributed by atoms with van der Waals surface area (Å²) in [6.45, 7) is 4.40. The molecule has 0 fully saturated rings. The molecule has 0 saturated carbocycles. The fraction of sp³-hybridized carbons (Fsp3) is 0.261. The molecule has 1 amide bonds. The van der Waals surface area contributed by atoms with Crippen molar-refractivity contribution >= 4 is 5.91 Å². The van der Waals surface area contributed by atoms with Gasteiger partial charge in [-0.15, -0.1) is 0 Å². The summed E-state index contributed by atoms with van der Waals surface area (Å²) < 4.78 is 11.7. The molecule has 3 aromatic rings. The Labute approximate surface area is 169 Å². The van der Waals surface area contributed by atoms with E-state index in [1.54, 1.807) is 18.6 Å². The van der Waals surface area contributed by atoms with Crippen LogP contribution in [0.15, 0.2) is 61.1 Å². The summed E-state index contributed by atoms with van der Waals surface area (Å²) in [4.78, 5) is 20.7. The number of carbonyl (C=O) groups is 1. The van der Waals surface area contributed by atoms with Crippen molar-refractivity contribution in [3.8, 4) is 22.8 Å². The van der Waals surface area contributed by atoms with Crippen LogP contribution in [0.2, 0.25) is 0 Å². The van der Waals surface area contributed by atoms with Crippen molar-refractivity contribution < 1.29 is 14.3 Å². The number of hydrogen-bond acceptors (Lipinski definition) is 5. The fourth-order valence-electron chi connectivity index (χ4n) is 3.31. The van der Waals surface area contributed by atoms with Crippen LogP contribution in [-0.2, 0) is 17.8 Å². The first kappa shape index (κ1) is 18.9. The molecular formula is C23H23N3O3. The number of benzene rings is 1. The molecule has 148 valence electrons. The van der Waals surface area contributed by atoms with Gasteiger partial charge in [0.1, 0.15) is 5.60 Å². The van der Waals surface area contributed by atoms with E-state index in [2.05, 4.69) is 15.3 Å². The summed E-state index contributed by atoms with van der Waals surface area (Å²) in [5.41, 5.74) is 3.57. The first-order valence-electron chi connectivity index (χ1n) is 9.56. The normalized spacial score (nSPS) is 14.0. The minimum atomic E-state index is -0.251. The maximum Gasteiger partial charge on any atom is 0.258 e. The predicted octanol–water partition coefficient (Wildman–Crippen LogP) is 3.55. The second-order valence-electron chi connectivity index (χ2n) is 7.64. The Morgan fingerprint density at radius 2 is 2.07 bits per heavy atom. The number of hydrogen-bond donors (Lipinski definition) is 1. The van der Waals surface area contributed by atoms with Crippen LogP contribution in [0.1, 0.15) is 25.0 Å². The van der Waals surface area contributed by atoms with Gasteiger partial charge < -0.3 is 14.8 Å². The molecule has 6 nitrogen and oxygen atoms in total. The molecule has 3 heterocycles. The van der Waals surface area contributed by atoms with Crippen molar-refractivity contribution in [1.82, 2.24) is 15.3 Å². The highest BCUT2D eigenvalue weighted by Gasteiger charge is 2.32. The van der Waals surface area contributed by atoms with Gasteiger partial charge in [0.05, 0.1) is 5.69 Å². The van der Waals surface area contributed by atoms with Gasteiger partial charge in [0.2, 0.25) is 0 Å². The number of ether oxygens (including phenoxy) is 2. The van der Waals surface area contributed by atoms with Gasteiger partial charge in [0, 0.05) is 42.7 Å². The Morgan fingerprint density at radius 3 is 2.83 bits per heavy atom. The summed E-state index contributed by atoms with van der Waals surface area (Å²) in [6.07, 6.45) is 6.08. The molecule has 29 heavy (non-hydrogen) atoms. The van der Waals surface area contributed by atoms with Gasteiger partial charge in [-0.25, -0.2) is 0 Å². The van der Waals surface area contributed by atoms with Crippen LogP contribution >= 0.6 is 0 Å². The summed E-state index contributed by atoms with van der Waals surface area (Å²) in [6, 6.07) is 13.5. The number of carbonyl (C=O) groups excluding carboxylic acids is 1. The minimum Gasteiger partial charge on any atom is -0.483 e. The number of pyridine rings is 2. The van der Waals surface area contributed by atoms with Gasteiger partial charge in [0.25, 0.3) is 5.91 Å². The lowest BCUT2D eigenvalue weighted by Gasteiger charge is -2.18. The average Bonchev–Trinajstić information content (AvgIpc) is 3.06. The number of nitrogens with one attached hydrogen (secondary N) is 1. The molecule has 0 aliphatic carbocycles.